The number of carbonyl (C=O) groups is 2. The van der Waals surface area contributed by atoms with Crippen LogP contribution in [-0.2, 0) is 16.1 Å². The number of carbonyl (C=O) groups excluding carboxylic acids is 2. The van der Waals surface area contributed by atoms with Crippen molar-refractivity contribution in [2.45, 2.75) is 53.3 Å². The minimum absolute atomic E-state index is 0.0607. The summed E-state index contributed by atoms with van der Waals surface area (Å²) in [6.07, 6.45) is 0.0607. The first kappa shape index (κ1) is 23.4. The highest BCUT2D eigenvalue weighted by molar-refractivity contribution is 6.10. The molecule has 32 heavy (non-hydrogen) atoms. The lowest BCUT2D eigenvalue weighted by atomic mass is 9.82. The number of aliphatic hydroxyl groups is 1. The van der Waals surface area contributed by atoms with Crippen molar-refractivity contribution in [2.75, 3.05) is 7.11 Å². The van der Waals surface area contributed by atoms with Gasteiger partial charge in [0.2, 0.25) is 0 Å². The van der Waals surface area contributed by atoms with Gasteiger partial charge in [0.05, 0.1) is 24.8 Å². The summed E-state index contributed by atoms with van der Waals surface area (Å²) in [4.78, 5) is 27.9. The summed E-state index contributed by atoms with van der Waals surface area (Å²) in [6.45, 7) is 9.47. The van der Waals surface area contributed by atoms with E-state index in [0.717, 1.165) is 11.3 Å². The van der Waals surface area contributed by atoms with E-state index in [4.69, 9.17) is 9.47 Å². The van der Waals surface area contributed by atoms with Crippen LogP contribution in [-0.4, -0.2) is 34.9 Å². The molecule has 1 unspecified atom stereocenters. The number of Topliss-reactive ketones (excluding diaryl/α,β-unsaturated/α-hetero) is 1. The lowest BCUT2D eigenvalue weighted by Crippen LogP contribution is -2.32. The predicted octanol–water partition coefficient (Wildman–Crippen LogP) is 4.99. The number of ether oxygens (including phenoxy) is 2. The van der Waals surface area contributed by atoms with E-state index in [1.54, 1.807) is 40.0 Å². The quantitative estimate of drug-likeness (QED) is 0.660. The molecular formula is C26H31NO5. The molecule has 1 atom stereocenters. The summed E-state index contributed by atoms with van der Waals surface area (Å²) in [5.41, 5.74) is 0.927. The first-order valence-corrected chi connectivity index (χ1v) is 10.7. The van der Waals surface area contributed by atoms with Crippen molar-refractivity contribution in [1.29, 1.82) is 0 Å². The molecule has 1 heterocycles. The Hall–Kier alpha value is -3.28. The monoisotopic (exact) mass is 437 g/mol. The lowest BCUT2D eigenvalue weighted by molar-refractivity contribution is -0.130. The summed E-state index contributed by atoms with van der Waals surface area (Å²) in [7, 11) is 1.56. The predicted molar refractivity (Wildman–Crippen MR) is 123 cm³/mol. The maximum absolute atomic E-state index is 13.3. The number of hydrogen-bond donors (Lipinski definition) is 1. The first-order valence-electron chi connectivity index (χ1n) is 10.7. The molecule has 1 aliphatic rings. The molecule has 170 valence electrons. The fraction of sp³-hybridized carbons (Fsp3) is 0.385. The van der Waals surface area contributed by atoms with E-state index in [-0.39, 0.29) is 24.0 Å². The molecule has 1 aliphatic heterocycles. The smallest absolute Gasteiger partial charge is 0.290 e. The van der Waals surface area contributed by atoms with Crippen LogP contribution in [0.3, 0.4) is 0 Å². The van der Waals surface area contributed by atoms with E-state index in [1.807, 2.05) is 50.2 Å². The van der Waals surface area contributed by atoms with Gasteiger partial charge in [-0.05, 0) is 49.2 Å². The second-order valence-corrected chi connectivity index (χ2v) is 9.26. The van der Waals surface area contributed by atoms with E-state index in [2.05, 4.69) is 0 Å². The Morgan fingerprint density at radius 2 is 1.75 bits per heavy atom. The molecule has 6 nitrogen and oxygen atoms in total. The Morgan fingerprint density at radius 3 is 2.31 bits per heavy atom. The van der Waals surface area contributed by atoms with E-state index in [0.29, 0.717) is 11.3 Å². The average Bonchev–Trinajstić information content (AvgIpc) is 2.98. The van der Waals surface area contributed by atoms with Crippen LogP contribution in [0.15, 0.2) is 59.9 Å². The molecule has 0 saturated heterocycles. The van der Waals surface area contributed by atoms with Gasteiger partial charge in [0.1, 0.15) is 11.5 Å². The third kappa shape index (κ3) is 4.79. The summed E-state index contributed by atoms with van der Waals surface area (Å²) < 4.78 is 11.0. The largest absolute Gasteiger partial charge is 0.503 e. The van der Waals surface area contributed by atoms with E-state index >= 15 is 0 Å². The molecular weight excluding hydrogens is 406 g/mol. The number of aliphatic hydroxyl groups excluding tert-OH is 1. The van der Waals surface area contributed by atoms with Crippen LogP contribution in [0.4, 0.5) is 0 Å². The third-order valence-electron chi connectivity index (χ3n) is 5.29. The zero-order valence-electron chi connectivity index (χ0n) is 19.5. The standard InChI is InChI=1S/C26H31NO5/c1-16(2)32-19-12-10-17(11-13-19)15-27-22(18-8-7-9-20(14-18)31-6)21(23(28)25(27)30)24(29)26(3,4)5/h7-14,16,22,28H,15H2,1-6H3. The molecule has 0 aliphatic carbocycles. The maximum atomic E-state index is 13.3. The molecule has 0 saturated carbocycles. The summed E-state index contributed by atoms with van der Waals surface area (Å²) in [5.74, 6) is 0.0363. The third-order valence-corrected chi connectivity index (χ3v) is 5.29. The van der Waals surface area contributed by atoms with Crippen LogP contribution in [0.25, 0.3) is 0 Å². The van der Waals surface area contributed by atoms with Crippen molar-refractivity contribution in [3.8, 4) is 11.5 Å². The van der Waals surface area contributed by atoms with Crippen molar-refractivity contribution in [1.82, 2.24) is 4.90 Å². The zero-order chi connectivity index (χ0) is 23.6. The van der Waals surface area contributed by atoms with Gasteiger partial charge in [0, 0.05) is 12.0 Å². The van der Waals surface area contributed by atoms with Gasteiger partial charge in [-0.1, -0.05) is 45.0 Å². The fourth-order valence-electron chi connectivity index (χ4n) is 3.75. The van der Waals surface area contributed by atoms with E-state index < -0.39 is 23.1 Å². The van der Waals surface area contributed by atoms with Gasteiger partial charge in [-0.3, -0.25) is 9.59 Å². The number of rotatable bonds is 7. The summed E-state index contributed by atoms with van der Waals surface area (Å²) in [6, 6.07) is 14.0. The van der Waals surface area contributed by atoms with Crippen LogP contribution in [0.5, 0.6) is 11.5 Å². The van der Waals surface area contributed by atoms with Gasteiger partial charge in [-0.25, -0.2) is 0 Å². The lowest BCUT2D eigenvalue weighted by Gasteiger charge is -2.29. The highest BCUT2D eigenvalue weighted by atomic mass is 16.5. The molecule has 0 spiro atoms. The van der Waals surface area contributed by atoms with Gasteiger partial charge in [0.25, 0.3) is 5.91 Å². The van der Waals surface area contributed by atoms with Crippen LogP contribution < -0.4 is 9.47 Å². The Morgan fingerprint density at radius 1 is 1.09 bits per heavy atom. The van der Waals surface area contributed by atoms with Gasteiger partial charge in [0.15, 0.2) is 11.5 Å². The molecule has 0 bridgehead atoms. The topological polar surface area (TPSA) is 76.1 Å². The fourth-order valence-corrected chi connectivity index (χ4v) is 3.75. The molecule has 0 aromatic heterocycles. The second-order valence-electron chi connectivity index (χ2n) is 9.26. The SMILES string of the molecule is COc1cccc(C2C(C(=O)C(C)(C)C)=C(O)C(=O)N2Cc2ccc(OC(C)C)cc2)c1. The highest BCUT2D eigenvalue weighted by Crippen LogP contribution is 2.42. The van der Waals surface area contributed by atoms with Crippen molar-refractivity contribution >= 4 is 11.7 Å². The molecule has 2 aromatic rings. The summed E-state index contributed by atoms with van der Waals surface area (Å²) in [5, 5.41) is 10.8. The molecule has 0 radical (unpaired) electrons. The van der Waals surface area contributed by atoms with E-state index in [9.17, 15) is 14.7 Å². The van der Waals surface area contributed by atoms with Crippen molar-refractivity contribution < 1.29 is 24.2 Å². The number of ketones is 1. The molecule has 2 aromatic carbocycles. The minimum atomic E-state index is -0.757. The van der Waals surface area contributed by atoms with Gasteiger partial charge in [-0.2, -0.15) is 0 Å². The second kappa shape index (κ2) is 9.07. The zero-order valence-corrected chi connectivity index (χ0v) is 19.5. The van der Waals surface area contributed by atoms with Crippen LogP contribution in [0, 0.1) is 5.41 Å². The van der Waals surface area contributed by atoms with Gasteiger partial charge in [-0.15, -0.1) is 0 Å². The number of nitrogens with zero attached hydrogens (tertiary/aromatic N) is 1. The minimum Gasteiger partial charge on any atom is -0.503 e. The average molecular weight is 438 g/mol. The highest BCUT2D eigenvalue weighted by Gasteiger charge is 2.46. The number of amides is 1. The molecule has 6 heteroatoms. The van der Waals surface area contributed by atoms with Crippen molar-refractivity contribution in [3.63, 3.8) is 0 Å². The van der Waals surface area contributed by atoms with E-state index in [1.165, 1.54) is 4.90 Å². The summed E-state index contributed by atoms with van der Waals surface area (Å²) >= 11 is 0. The molecule has 3 rings (SSSR count). The first-order chi connectivity index (χ1) is 15.0. The normalized spacial score (nSPS) is 16.7. The molecule has 0 fully saturated rings. The van der Waals surface area contributed by atoms with Crippen LogP contribution >= 0.6 is 0 Å². The number of methoxy groups -OCH3 is 1. The Bertz CT molecular complexity index is 1030. The Labute approximate surface area is 189 Å². The van der Waals surface area contributed by atoms with Crippen LogP contribution in [0.2, 0.25) is 0 Å². The Kier molecular flexibility index (Phi) is 6.63. The maximum Gasteiger partial charge on any atom is 0.290 e. The molecule has 1 amide bonds. The number of hydrogen-bond acceptors (Lipinski definition) is 5. The van der Waals surface area contributed by atoms with Crippen LogP contribution in [0.1, 0.15) is 51.8 Å². The van der Waals surface area contributed by atoms with Gasteiger partial charge < -0.3 is 19.5 Å². The van der Waals surface area contributed by atoms with Crippen molar-refractivity contribution in [3.05, 3.63) is 71.0 Å². The number of benzene rings is 2. The molecule has 1 N–H and O–H groups in total. The Balaban J connectivity index is 2.02. The van der Waals surface area contributed by atoms with Crippen molar-refractivity contribution in [2.24, 2.45) is 5.41 Å². The van der Waals surface area contributed by atoms with Gasteiger partial charge >= 0.3 is 0 Å².